The number of anilines is 1. The first-order valence-corrected chi connectivity index (χ1v) is 5.71. The third kappa shape index (κ3) is 3.25. The molecule has 1 aliphatic rings. The summed E-state index contributed by atoms with van der Waals surface area (Å²) in [4.78, 5) is 10.7. The lowest BCUT2D eigenvalue weighted by atomic mass is 10.1. The van der Waals surface area contributed by atoms with Crippen LogP contribution in [0.4, 0.5) is 5.69 Å². The third-order valence-electron chi connectivity index (χ3n) is 2.75. The van der Waals surface area contributed by atoms with Crippen molar-refractivity contribution in [1.29, 1.82) is 0 Å². The fraction of sp³-hybridized carbons (Fsp3) is 0.636. The van der Waals surface area contributed by atoms with Gasteiger partial charge in [-0.1, -0.05) is 12.8 Å². The van der Waals surface area contributed by atoms with Crippen LogP contribution in [0.25, 0.3) is 0 Å². The third-order valence-corrected chi connectivity index (χ3v) is 2.75. The topological polar surface area (TPSA) is 72.9 Å². The summed E-state index contributed by atoms with van der Waals surface area (Å²) in [5, 5.41) is 7.43. The Balaban J connectivity index is 1.83. The maximum absolute atomic E-state index is 10.7. The van der Waals surface area contributed by atoms with Gasteiger partial charge in [-0.3, -0.25) is 9.48 Å². The van der Waals surface area contributed by atoms with Gasteiger partial charge in [0.05, 0.1) is 11.9 Å². The Morgan fingerprint density at radius 2 is 2.50 bits per heavy atom. The van der Waals surface area contributed by atoms with E-state index in [4.69, 9.17) is 5.73 Å². The molecule has 1 atom stereocenters. The minimum atomic E-state index is -0.374. The first-order valence-electron chi connectivity index (χ1n) is 5.71. The average molecular weight is 222 g/mol. The van der Waals surface area contributed by atoms with Crippen molar-refractivity contribution in [3.05, 3.63) is 12.4 Å². The fourth-order valence-electron chi connectivity index (χ4n) is 1.88. The first-order chi connectivity index (χ1) is 7.63. The minimum Gasteiger partial charge on any atom is -0.380 e. The van der Waals surface area contributed by atoms with Gasteiger partial charge in [-0.05, 0) is 19.3 Å². The lowest BCUT2D eigenvalue weighted by molar-refractivity contribution is -0.118. The molecule has 1 aromatic rings. The van der Waals surface area contributed by atoms with E-state index in [-0.39, 0.29) is 12.5 Å². The normalized spacial score (nSPS) is 17.1. The summed E-state index contributed by atoms with van der Waals surface area (Å²) in [7, 11) is 0. The van der Waals surface area contributed by atoms with Crippen molar-refractivity contribution < 1.29 is 4.79 Å². The van der Waals surface area contributed by atoms with Crippen LogP contribution < -0.4 is 11.1 Å². The molecule has 1 fully saturated rings. The molecule has 0 bridgehead atoms. The summed E-state index contributed by atoms with van der Waals surface area (Å²) in [6, 6.07) is 0.457. The van der Waals surface area contributed by atoms with Crippen molar-refractivity contribution in [2.45, 2.75) is 38.8 Å². The van der Waals surface area contributed by atoms with Crippen LogP contribution in [0.3, 0.4) is 0 Å². The number of carbonyl (C=O) groups excluding carboxylic acids is 1. The van der Waals surface area contributed by atoms with Crippen LogP contribution >= 0.6 is 0 Å². The average Bonchev–Trinajstić information content (AvgIpc) is 2.87. The number of amides is 1. The molecule has 5 nitrogen and oxygen atoms in total. The minimum absolute atomic E-state index is 0.138. The Labute approximate surface area is 95.0 Å². The Morgan fingerprint density at radius 1 is 1.75 bits per heavy atom. The molecule has 0 radical (unpaired) electrons. The summed E-state index contributed by atoms with van der Waals surface area (Å²) in [5.74, 6) is 0.531. The van der Waals surface area contributed by atoms with E-state index in [0.29, 0.717) is 6.04 Å². The van der Waals surface area contributed by atoms with Gasteiger partial charge in [0.25, 0.3) is 0 Å². The first kappa shape index (κ1) is 11.0. The van der Waals surface area contributed by atoms with Gasteiger partial charge in [-0.2, -0.15) is 5.10 Å². The van der Waals surface area contributed by atoms with E-state index in [1.54, 1.807) is 10.9 Å². The quantitative estimate of drug-likeness (QED) is 0.753. The number of primary amides is 1. The standard InChI is InChI=1S/C11H18N4O/c1-8(4-9-2-3-9)14-10-5-13-15(6-10)7-11(12)16/h5-6,8-9,14H,2-4,7H2,1H3,(H2,12,16). The van der Waals surface area contributed by atoms with E-state index >= 15 is 0 Å². The molecule has 1 saturated carbocycles. The van der Waals surface area contributed by atoms with E-state index < -0.39 is 0 Å². The molecule has 16 heavy (non-hydrogen) atoms. The Kier molecular flexibility index (Phi) is 3.12. The maximum atomic E-state index is 10.7. The van der Waals surface area contributed by atoms with Gasteiger partial charge in [0, 0.05) is 12.2 Å². The molecule has 0 aromatic carbocycles. The number of aromatic nitrogens is 2. The molecule has 0 aliphatic heterocycles. The van der Waals surface area contributed by atoms with Gasteiger partial charge in [-0.15, -0.1) is 0 Å². The van der Waals surface area contributed by atoms with Crippen LogP contribution in [0.1, 0.15) is 26.2 Å². The lowest BCUT2D eigenvalue weighted by Crippen LogP contribution is -2.19. The van der Waals surface area contributed by atoms with Crippen molar-refractivity contribution >= 4 is 11.6 Å². The highest BCUT2D eigenvalue weighted by Crippen LogP contribution is 2.33. The molecule has 1 aromatic heterocycles. The monoisotopic (exact) mass is 222 g/mol. The Hall–Kier alpha value is -1.52. The molecule has 2 rings (SSSR count). The second-order valence-corrected chi connectivity index (χ2v) is 4.62. The zero-order valence-corrected chi connectivity index (χ0v) is 9.52. The molecule has 1 aliphatic carbocycles. The molecular weight excluding hydrogens is 204 g/mol. The predicted octanol–water partition coefficient (Wildman–Crippen LogP) is 0.969. The van der Waals surface area contributed by atoms with Gasteiger partial charge < -0.3 is 11.1 Å². The fourth-order valence-corrected chi connectivity index (χ4v) is 1.88. The number of nitrogens with two attached hydrogens (primary N) is 1. The molecule has 1 unspecified atom stereocenters. The van der Waals surface area contributed by atoms with Gasteiger partial charge in [-0.25, -0.2) is 0 Å². The van der Waals surface area contributed by atoms with Crippen molar-refractivity contribution in [3.63, 3.8) is 0 Å². The van der Waals surface area contributed by atoms with E-state index in [1.807, 2.05) is 6.20 Å². The molecule has 1 heterocycles. The second-order valence-electron chi connectivity index (χ2n) is 4.62. The van der Waals surface area contributed by atoms with Crippen LogP contribution in [-0.4, -0.2) is 21.7 Å². The maximum Gasteiger partial charge on any atom is 0.239 e. The van der Waals surface area contributed by atoms with E-state index in [0.717, 1.165) is 11.6 Å². The summed E-state index contributed by atoms with van der Waals surface area (Å²) >= 11 is 0. The van der Waals surface area contributed by atoms with Crippen LogP contribution in [0.15, 0.2) is 12.4 Å². The number of rotatable bonds is 6. The predicted molar refractivity (Wildman–Crippen MR) is 61.8 cm³/mol. The van der Waals surface area contributed by atoms with Gasteiger partial charge in [0.2, 0.25) is 5.91 Å². The molecule has 0 spiro atoms. The van der Waals surface area contributed by atoms with Crippen LogP contribution in [0.5, 0.6) is 0 Å². The van der Waals surface area contributed by atoms with Gasteiger partial charge >= 0.3 is 0 Å². The van der Waals surface area contributed by atoms with Gasteiger partial charge in [0.1, 0.15) is 6.54 Å². The summed E-state index contributed by atoms with van der Waals surface area (Å²) in [5.41, 5.74) is 6.04. The smallest absolute Gasteiger partial charge is 0.239 e. The van der Waals surface area contributed by atoms with Crippen molar-refractivity contribution in [2.75, 3.05) is 5.32 Å². The summed E-state index contributed by atoms with van der Waals surface area (Å²) < 4.78 is 1.55. The zero-order chi connectivity index (χ0) is 11.5. The number of hydrogen-bond donors (Lipinski definition) is 2. The molecule has 3 N–H and O–H groups in total. The molecule has 1 amide bonds. The highest BCUT2D eigenvalue weighted by Gasteiger charge is 2.23. The van der Waals surface area contributed by atoms with E-state index in [9.17, 15) is 4.79 Å². The number of nitrogens with zero attached hydrogens (tertiary/aromatic N) is 2. The van der Waals surface area contributed by atoms with E-state index in [2.05, 4.69) is 17.3 Å². The highest BCUT2D eigenvalue weighted by molar-refractivity contribution is 5.73. The largest absolute Gasteiger partial charge is 0.380 e. The van der Waals surface area contributed by atoms with Gasteiger partial charge in [0.15, 0.2) is 0 Å². The molecule has 88 valence electrons. The Bertz CT molecular complexity index is 370. The zero-order valence-electron chi connectivity index (χ0n) is 9.52. The van der Waals surface area contributed by atoms with Crippen molar-refractivity contribution in [1.82, 2.24) is 9.78 Å². The SMILES string of the molecule is CC(CC1CC1)Nc1cnn(CC(N)=O)c1. The number of nitrogens with one attached hydrogen (secondary N) is 1. The second kappa shape index (κ2) is 4.55. The number of carbonyl (C=O) groups is 1. The molecule has 5 heteroatoms. The number of hydrogen-bond acceptors (Lipinski definition) is 3. The van der Waals surface area contributed by atoms with Crippen LogP contribution in [0, 0.1) is 5.92 Å². The molecule has 0 saturated heterocycles. The summed E-state index contributed by atoms with van der Waals surface area (Å²) in [6.45, 7) is 2.31. The van der Waals surface area contributed by atoms with Crippen molar-refractivity contribution in [3.8, 4) is 0 Å². The van der Waals surface area contributed by atoms with Crippen LogP contribution in [0.2, 0.25) is 0 Å². The van der Waals surface area contributed by atoms with Crippen LogP contribution in [-0.2, 0) is 11.3 Å². The Morgan fingerprint density at radius 3 is 3.12 bits per heavy atom. The summed E-state index contributed by atoms with van der Waals surface area (Å²) in [6.07, 6.45) is 7.49. The highest BCUT2D eigenvalue weighted by atomic mass is 16.1. The molecular formula is C11H18N4O. The lowest BCUT2D eigenvalue weighted by Gasteiger charge is -2.12. The van der Waals surface area contributed by atoms with Crippen molar-refractivity contribution in [2.24, 2.45) is 11.7 Å². The van der Waals surface area contributed by atoms with E-state index in [1.165, 1.54) is 19.3 Å².